The first-order chi connectivity index (χ1) is 12.9. The standard InChI is InChI=1S/C20H18N2O3S2/c1-13(2)22-18-11-10-15(12-19(18)26-20(22)23)27(24,25)21-17-9-5-7-14-6-3-4-8-16(14)17/h3-13,21H,1-2H3. The Balaban J connectivity index is 1.79. The topological polar surface area (TPSA) is 68.2 Å². The molecule has 1 heterocycles. The number of benzene rings is 3. The van der Waals surface area contributed by atoms with E-state index >= 15 is 0 Å². The summed E-state index contributed by atoms with van der Waals surface area (Å²) in [7, 11) is -3.77. The lowest BCUT2D eigenvalue weighted by molar-refractivity contribution is 0.601. The summed E-state index contributed by atoms with van der Waals surface area (Å²) in [5.74, 6) is 0. The van der Waals surface area contributed by atoms with E-state index in [-0.39, 0.29) is 15.8 Å². The van der Waals surface area contributed by atoms with Crippen LogP contribution in [0.5, 0.6) is 0 Å². The van der Waals surface area contributed by atoms with Gasteiger partial charge in [-0.25, -0.2) is 8.42 Å². The van der Waals surface area contributed by atoms with Crippen LogP contribution in [0.2, 0.25) is 0 Å². The first-order valence-corrected chi connectivity index (χ1v) is 10.8. The molecule has 0 radical (unpaired) electrons. The third-order valence-corrected chi connectivity index (χ3v) is 6.73. The number of rotatable bonds is 4. The Labute approximate surface area is 160 Å². The van der Waals surface area contributed by atoms with Crippen LogP contribution in [-0.4, -0.2) is 13.0 Å². The minimum absolute atomic E-state index is 0.0162. The molecular weight excluding hydrogens is 380 g/mol. The summed E-state index contributed by atoms with van der Waals surface area (Å²) in [6.45, 7) is 3.86. The van der Waals surface area contributed by atoms with Crippen LogP contribution in [-0.2, 0) is 10.0 Å². The molecule has 0 aliphatic rings. The van der Waals surface area contributed by atoms with Crippen LogP contribution in [0.1, 0.15) is 19.9 Å². The molecule has 27 heavy (non-hydrogen) atoms. The number of anilines is 1. The molecule has 0 aliphatic carbocycles. The van der Waals surface area contributed by atoms with Crippen LogP contribution in [0.3, 0.4) is 0 Å². The van der Waals surface area contributed by atoms with Gasteiger partial charge in [0, 0.05) is 11.4 Å². The van der Waals surface area contributed by atoms with E-state index < -0.39 is 10.0 Å². The van der Waals surface area contributed by atoms with Crippen molar-refractivity contribution in [1.29, 1.82) is 0 Å². The zero-order valence-electron chi connectivity index (χ0n) is 14.8. The fourth-order valence-electron chi connectivity index (χ4n) is 3.19. The van der Waals surface area contributed by atoms with Crippen LogP contribution in [0, 0.1) is 0 Å². The van der Waals surface area contributed by atoms with Crippen molar-refractivity contribution >= 4 is 48.0 Å². The summed E-state index contributed by atoms with van der Waals surface area (Å²) in [5.41, 5.74) is 1.28. The largest absolute Gasteiger partial charge is 0.308 e. The Morgan fingerprint density at radius 1 is 1.00 bits per heavy atom. The molecule has 1 aromatic heterocycles. The van der Waals surface area contributed by atoms with Crippen molar-refractivity contribution in [3.05, 3.63) is 70.3 Å². The molecule has 0 fully saturated rings. The molecule has 3 aromatic carbocycles. The smallest absolute Gasteiger partial charge is 0.296 e. The van der Waals surface area contributed by atoms with Crippen molar-refractivity contribution in [2.75, 3.05) is 4.72 Å². The van der Waals surface area contributed by atoms with Gasteiger partial charge >= 0.3 is 4.87 Å². The third-order valence-electron chi connectivity index (χ3n) is 4.45. The van der Waals surface area contributed by atoms with Crippen LogP contribution in [0.15, 0.2) is 70.4 Å². The predicted molar refractivity (Wildman–Crippen MR) is 111 cm³/mol. The zero-order valence-corrected chi connectivity index (χ0v) is 16.5. The Bertz CT molecular complexity index is 1310. The van der Waals surface area contributed by atoms with E-state index in [0.29, 0.717) is 10.4 Å². The lowest BCUT2D eigenvalue weighted by Crippen LogP contribution is -2.15. The number of nitrogens with one attached hydrogen (secondary N) is 1. The number of hydrogen-bond donors (Lipinski definition) is 1. The summed E-state index contributed by atoms with van der Waals surface area (Å²) in [5, 5.41) is 1.79. The average Bonchev–Trinajstić information content (AvgIpc) is 2.97. The summed E-state index contributed by atoms with van der Waals surface area (Å²) < 4.78 is 30.9. The average molecular weight is 399 g/mol. The third kappa shape index (κ3) is 3.13. The predicted octanol–water partition coefficient (Wildman–Crippen LogP) is 4.60. The summed E-state index contributed by atoms with van der Waals surface area (Å²) >= 11 is 1.06. The maximum absolute atomic E-state index is 12.9. The van der Waals surface area contributed by atoms with Gasteiger partial charge in [-0.2, -0.15) is 0 Å². The highest BCUT2D eigenvalue weighted by molar-refractivity contribution is 7.92. The van der Waals surface area contributed by atoms with Crippen molar-refractivity contribution in [2.45, 2.75) is 24.8 Å². The van der Waals surface area contributed by atoms with E-state index in [1.165, 1.54) is 0 Å². The van der Waals surface area contributed by atoms with E-state index in [9.17, 15) is 13.2 Å². The highest BCUT2D eigenvalue weighted by atomic mass is 32.2. The minimum atomic E-state index is -3.77. The lowest BCUT2D eigenvalue weighted by atomic mass is 10.1. The van der Waals surface area contributed by atoms with Gasteiger partial charge < -0.3 is 0 Å². The second-order valence-electron chi connectivity index (χ2n) is 6.59. The fraction of sp³-hybridized carbons (Fsp3) is 0.150. The van der Waals surface area contributed by atoms with Crippen molar-refractivity contribution < 1.29 is 8.42 Å². The number of thiazole rings is 1. The van der Waals surface area contributed by atoms with E-state index in [4.69, 9.17) is 0 Å². The molecule has 0 spiro atoms. The number of aromatic nitrogens is 1. The Kier molecular flexibility index (Phi) is 4.28. The number of fused-ring (bicyclic) bond motifs is 2. The van der Waals surface area contributed by atoms with Gasteiger partial charge in [0.1, 0.15) is 0 Å². The normalized spacial score (nSPS) is 12.1. The Hall–Kier alpha value is -2.64. The van der Waals surface area contributed by atoms with Gasteiger partial charge in [0.25, 0.3) is 10.0 Å². The van der Waals surface area contributed by atoms with Crippen LogP contribution >= 0.6 is 11.3 Å². The van der Waals surface area contributed by atoms with Crippen molar-refractivity contribution in [3.8, 4) is 0 Å². The van der Waals surface area contributed by atoms with E-state index in [2.05, 4.69) is 4.72 Å². The van der Waals surface area contributed by atoms with E-state index in [0.717, 1.165) is 27.6 Å². The quantitative estimate of drug-likeness (QED) is 0.546. The molecule has 1 N–H and O–H groups in total. The summed E-state index contributed by atoms with van der Waals surface area (Å²) in [6.07, 6.45) is 0. The van der Waals surface area contributed by atoms with Gasteiger partial charge in [0.05, 0.1) is 20.8 Å². The minimum Gasteiger partial charge on any atom is -0.296 e. The molecule has 0 aliphatic heterocycles. The van der Waals surface area contributed by atoms with E-state index in [1.807, 2.05) is 50.2 Å². The molecule has 0 saturated heterocycles. The van der Waals surface area contributed by atoms with E-state index in [1.54, 1.807) is 28.8 Å². The van der Waals surface area contributed by atoms with Crippen molar-refractivity contribution in [2.24, 2.45) is 0 Å². The fourth-order valence-corrected chi connectivity index (χ4v) is 5.42. The first kappa shape index (κ1) is 17.8. The van der Waals surface area contributed by atoms with Gasteiger partial charge in [0.15, 0.2) is 0 Å². The Morgan fingerprint density at radius 3 is 2.52 bits per heavy atom. The van der Waals surface area contributed by atoms with Crippen molar-refractivity contribution in [1.82, 2.24) is 4.57 Å². The number of hydrogen-bond acceptors (Lipinski definition) is 4. The molecule has 4 aromatic rings. The lowest BCUT2D eigenvalue weighted by Gasteiger charge is -2.11. The molecular formula is C20H18N2O3S2. The molecule has 0 atom stereocenters. The van der Waals surface area contributed by atoms with Gasteiger partial charge in [-0.05, 0) is 43.5 Å². The van der Waals surface area contributed by atoms with Gasteiger partial charge in [-0.3, -0.25) is 14.1 Å². The zero-order chi connectivity index (χ0) is 19.2. The highest BCUT2D eigenvalue weighted by Crippen LogP contribution is 2.28. The second kappa shape index (κ2) is 6.51. The molecule has 138 valence electrons. The molecule has 0 bridgehead atoms. The molecule has 4 rings (SSSR count). The molecule has 7 heteroatoms. The van der Waals surface area contributed by atoms with Crippen LogP contribution in [0.25, 0.3) is 21.0 Å². The molecule has 0 amide bonds. The van der Waals surface area contributed by atoms with Crippen LogP contribution in [0.4, 0.5) is 5.69 Å². The highest BCUT2D eigenvalue weighted by Gasteiger charge is 2.18. The van der Waals surface area contributed by atoms with Crippen LogP contribution < -0.4 is 9.60 Å². The molecule has 5 nitrogen and oxygen atoms in total. The van der Waals surface area contributed by atoms with Crippen molar-refractivity contribution in [3.63, 3.8) is 0 Å². The molecule has 0 saturated carbocycles. The van der Waals surface area contributed by atoms with Gasteiger partial charge in [-0.15, -0.1) is 0 Å². The number of nitrogens with zero attached hydrogens (tertiary/aromatic N) is 1. The summed E-state index contributed by atoms with van der Waals surface area (Å²) in [4.78, 5) is 12.2. The second-order valence-corrected chi connectivity index (χ2v) is 9.27. The first-order valence-electron chi connectivity index (χ1n) is 8.52. The Morgan fingerprint density at radius 2 is 1.74 bits per heavy atom. The monoisotopic (exact) mass is 398 g/mol. The summed E-state index contributed by atoms with van der Waals surface area (Å²) in [6, 6.07) is 17.9. The molecule has 0 unspecified atom stereocenters. The maximum atomic E-state index is 12.9. The van der Waals surface area contributed by atoms with Gasteiger partial charge in [-0.1, -0.05) is 47.7 Å². The number of sulfonamides is 1. The van der Waals surface area contributed by atoms with Gasteiger partial charge in [0.2, 0.25) is 0 Å². The SMILES string of the molecule is CC(C)n1c(=O)sc2cc(S(=O)(=O)Nc3cccc4ccccc34)ccc21. The maximum Gasteiger partial charge on any atom is 0.308 e.